The Hall–Kier alpha value is -2.95. The van der Waals surface area contributed by atoms with Gasteiger partial charge in [-0.3, -0.25) is 4.79 Å². The molecule has 1 heterocycles. The van der Waals surface area contributed by atoms with Gasteiger partial charge in [0.05, 0.1) is 17.6 Å². The average Bonchev–Trinajstić information content (AvgIpc) is 3.21. The first-order chi connectivity index (χ1) is 12.7. The van der Waals surface area contributed by atoms with Gasteiger partial charge in [-0.05, 0) is 36.6 Å². The van der Waals surface area contributed by atoms with Crippen molar-refractivity contribution in [3.63, 3.8) is 0 Å². The van der Waals surface area contributed by atoms with Crippen LogP contribution in [-0.2, 0) is 4.79 Å². The molecule has 2 atom stereocenters. The van der Waals surface area contributed by atoms with Gasteiger partial charge in [0.25, 0.3) is 0 Å². The third kappa shape index (κ3) is 4.17. The molecule has 3 rings (SSSR count). The number of amides is 1. The van der Waals surface area contributed by atoms with Crippen LogP contribution in [0.15, 0.2) is 67.3 Å². The highest BCUT2D eigenvalue weighted by molar-refractivity contribution is 5.84. The second kappa shape index (κ2) is 8.43. The molecule has 0 radical (unpaired) electrons. The number of benzene rings is 2. The highest BCUT2D eigenvalue weighted by Crippen LogP contribution is 2.23. The molecule has 0 aliphatic rings. The van der Waals surface area contributed by atoms with Crippen LogP contribution in [0.25, 0.3) is 5.69 Å². The molecular formula is C21H24N4O. The summed E-state index contributed by atoms with van der Waals surface area (Å²) >= 11 is 0. The minimum atomic E-state index is -0.113. The summed E-state index contributed by atoms with van der Waals surface area (Å²) in [6.45, 7) is 4.12. The summed E-state index contributed by atoms with van der Waals surface area (Å²) in [6, 6.07) is 17.9. The first kappa shape index (κ1) is 17.9. The molecule has 134 valence electrons. The fourth-order valence-electron chi connectivity index (χ4n) is 3.08. The molecule has 5 nitrogen and oxygen atoms in total. The van der Waals surface area contributed by atoms with Crippen molar-refractivity contribution in [3.8, 4) is 5.69 Å². The second-order valence-electron chi connectivity index (χ2n) is 6.41. The van der Waals surface area contributed by atoms with Crippen LogP contribution < -0.4 is 5.32 Å². The number of nitrogens with zero attached hydrogens (tertiary/aromatic N) is 3. The van der Waals surface area contributed by atoms with E-state index in [2.05, 4.69) is 22.3 Å². The van der Waals surface area contributed by atoms with E-state index in [1.165, 1.54) is 6.33 Å². The van der Waals surface area contributed by atoms with Gasteiger partial charge in [-0.2, -0.15) is 5.10 Å². The predicted molar refractivity (Wildman–Crippen MR) is 102 cm³/mol. The van der Waals surface area contributed by atoms with Crippen LogP contribution in [0.5, 0.6) is 0 Å². The van der Waals surface area contributed by atoms with Crippen molar-refractivity contribution in [3.05, 3.63) is 78.4 Å². The van der Waals surface area contributed by atoms with Gasteiger partial charge in [-0.25, -0.2) is 9.67 Å². The zero-order valence-electron chi connectivity index (χ0n) is 15.2. The molecule has 0 saturated heterocycles. The molecule has 2 unspecified atom stereocenters. The zero-order valence-corrected chi connectivity index (χ0v) is 15.2. The van der Waals surface area contributed by atoms with Gasteiger partial charge in [0.15, 0.2) is 0 Å². The quantitative estimate of drug-likeness (QED) is 0.701. The fraction of sp³-hybridized carbons (Fsp3) is 0.286. The molecule has 2 aromatic carbocycles. The number of hydrogen-bond donors (Lipinski definition) is 1. The van der Waals surface area contributed by atoms with Crippen molar-refractivity contribution in [1.29, 1.82) is 0 Å². The number of carbonyl (C=O) groups excluding carboxylic acids is 1. The molecule has 0 spiro atoms. The lowest BCUT2D eigenvalue weighted by Gasteiger charge is -2.21. The second-order valence-corrected chi connectivity index (χ2v) is 6.41. The average molecular weight is 348 g/mol. The van der Waals surface area contributed by atoms with Crippen molar-refractivity contribution < 1.29 is 4.79 Å². The minimum absolute atomic E-state index is 0.0598. The van der Waals surface area contributed by atoms with Gasteiger partial charge in [0, 0.05) is 0 Å². The molecule has 0 bridgehead atoms. The largest absolute Gasteiger partial charge is 0.349 e. The van der Waals surface area contributed by atoms with Gasteiger partial charge in [0.1, 0.15) is 12.7 Å². The van der Waals surface area contributed by atoms with Crippen molar-refractivity contribution in [2.75, 3.05) is 0 Å². The standard InChI is InChI=1S/C21H24N4O/c1-3-7-20(18-8-5-4-6-9-18)21(26)24-16(2)17-10-12-19(13-11-17)25-15-22-14-23-25/h4-6,8-16,20H,3,7H2,1-2H3,(H,24,26). The molecule has 0 fully saturated rings. The maximum Gasteiger partial charge on any atom is 0.228 e. The lowest BCUT2D eigenvalue weighted by Crippen LogP contribution is -2.31. The molecular weight excluding hydrogens is 324 g/mol. The molecule has 5 heteroatoms. The van der Waals surface area contributed by atoms with E-state index in [0.717, 1.165) is 29.7 Å². The summed E-state index contributed by atoms with van der Waals surface area (Å²) in [5.41, 5.74) is 3.07. The van der Waals surface area contributed by atoms with Crippen molar-refractivity contribution in [2.24, 2.45) is 0 Å². The smallest absolute Gasteiger partial charge is 0.228 e. The van der Waals surface area contributed by atoms with Gasteiger partial charge in [-0.15, -0.1) is 0 Å². The Bertz CT molecular complexity index is 813. The summed E-state index contributed by atoms with van der Waals surface area (Å²) in [6.07, 6.45) is 4.98. The molecule has 0 aliphatic heterocycles. The van der Waals surface area contributed by atoms with Crippen LogP contribution in [-0.4, -0.2) is 20.7 Å². The summed E-state index contributed by atoms with van der Waals surface area (Å²) in [7, 11) is 0. The Labute approximate surface area is 154 Å². The monoisotopic (exact) mass is 348 g/mol. The van der Waals surface area contributed by atoms with Crippen molar-refractivity contribution >= 4 is 5.91 Å². The SMILES string of the molecule is CCCC(C(=O)NC(C)c1ccc(-n2cncn2)cc1)c1ccccc1. The van der Waals surface area contributed by atoms with Gasteiger partial charge in [0.2, 0.25) is 5.91 Å². The lowest BCUT2D eigenvalue weighted by molar-refractivity contribution is -0.123. The van der Waals surface area contributed by atoms with Gasteiger partial charge < -0.3 is 5.32 Å². The number of carbonyl (C=O) groups is 1. The summed E-state index contributed by atoms with van der Waals surface area (Å²) in [5.74, 6) is -0.0380. The van der Waals surface area contributed by atoms with E-state index in [-0.39, 0.29) is 17.9 Å². The molecule has 0 aliphatic carbocycles. The third-order valence-corrected chi connectivity index (χ3v) is 4.53. The van der Waals surface area contributed by atoms with E-state index in [1.807, 2.05) is 61.5 Å². The molecule has 1 N–H and O–H groups in total. The van der Waals surface area contributed by atoms with E-state index in [9.17, 15) is 4.79 Å². The maximum atomic E-state index is 12.8. The van der Waals surface area contributed by atoms with E-state index >= 15 is 0 Å². The maximum absolute atomic E-state index is 12.8. The zero-order chi connectivity index (χ0) is 18.4. The fourth-order valence-corrected chi connectivity index (χ4v) is 3.08. The van der Waals surface area contributed by atoms with Crippen molar-refractivity contribution in [1.82, 2.24) is 20.1 Å². The van der Waals surface area contributed by atoms with E-state index < -0.39 is 0 Å². The Morgan fingerprint density at radius 3 is 2.42 bits per heavy atom. The van der Waals surface area contributed by atoms with Gasteiger partial charge in [-0.1, -0.05) is 55.8 Å². The lowest BCUT2D eigenvalue weighted by atomic mass is 9.93. The van der Waals surface area contributed by atoms with E-state index in [1.54, 1.807) is 11.0 Å². The summed E-state index contributed by atoms with van der Waals surface area (Å²) in [4.78, 5) is 16.8. The Morgan fingerprint density at radius 1 is 1.08 bits per heavy atom. The summed E-state index contributed by atoms with van der Waals surface area (Å²) in [5, 5.41) is 7.28. The van der Waals surface area contributed by atoms with Gasteiger partial charge >= 0.3 is 0 Å². The Morgan fingerprint density at radius 2 is 1.81 bits per heavy atom. The van der Waals surface area contributed by atoms with Crippen LogP contribution in [0.4, 0.5) is 0 Å². The highest BCUT2D eigenvalue weighted by atomic mass is 16.1. The summed E-state index contributed by atoms with van der Waals surface area (Å²) < 4.78 is 1.71. The molecule has 3 aromatic rings. The number of nitrogens with one attached hydrogen (secondary N) is 1. The van der Waals surface area contributed by atoms with E-state index in [0.29, 0.717) is 0 Å². The van der Waals surface area contributed by atoms with Crippen LogP contribution in [0, 0.1) is 0 Å². The Kier molecular flexibility index (Phi) is 5.79. The van der Waals surface area contributed by atoms with Crippen molar-refractivity contribution in [2.45, 2.75) is 38.6 Å². The minimum Gasteiger partial charge on any atom is -0.349 e. The molecule has 1 aromatic heterocycles. The normalized spacial score (nSPS) is 13.2. The topological polar surface area (TPSA) is 59.8 Å². The first-order valence-corrected chi connectivity index (χ1v) is 8.99. The third-order valence-electron chi connectivity index (χ3n) is 4.53. The predicted octanol–water partition coefficient (Wildman–Crippen LogP) is 4.03. The number of rotatable bonds is 7. The molecule has 1 amide bonds. The highest BCUT2D eigenvalue weighted by Gasteiger charge is 2.21. The van der Waals surface area contributed by atoms with Crippen LogP contribution in [0.1, 0.15) is 49.8 Å². The van der Waals surface area contributed by atoms with Crippen LogP contribution >= 0.6 is 0 Å². The van der Waals surface area contributed by atoms with E-state index in [4.69, 9.17) is 0 Å². The molecule has 26 heavy (non-hydrogen) atoms. The molecule has 0 saturated carbocycles. The Balaban J connectivity index is 1.69. The van der Waals surface area contributed by atoms with Crippen LogP contribution in [0.3, 0.4) is 0 Å². The number of hydrogen-bond acceptors (Lipinski definition) is 3. The van der Waals surface area contributed by atoms with Crippen LogP contribution in [0.2, 0.25) is 0 Å². The number of aromatic nitrogens is 3. The first-order valence-electron chi connectivity index (χ1n) is 8.99.